The fraction of sp³-hybridized carbons (Fsp3) is 0.167. The van der Waals surface area contributed by atoms with Gasteiger partial charge in [-0.05, 0) is 42.3 Å². The zero-order chi connectivity index (χ0) is 14.8. The Balaban J connectivity index is 2.05. The summed E-state index contributed by atoms with van der Waals surface area (Å²) in [5.74, 6) is 1.06. The second-order valence-corrected chi connectivity index (χ2v) is 5.34. The number of rotatable bonds is 4. The van der Waals surface area contributed by atoms with Crippen LogP contribution in [0.3, 0.4) is 0 Å². The molecule has 0 aliphatic rings. The lowest BCUT2D eigenvalue weighted by molar-refractivity contribution is 0.780. The minimum Gasteiger partial charge on any atom is -0.399 e. The normalized spacial score (nSPS) is 10.9. The van der Waals surface area contributed by atoms with Crippen molar-refractivity contribution in [2.24, 2.45) is 0 Å². The maximum absolute atomic E-state index is 5.74. The van der Waals surface area contributed by atoms with E-state index < -0.39 is 0 Å². The second kappa shape index (κ2) is 5.44. The molecule has 0 aliphatic heterocycles. The highest BCUT2D eigenvalue weighted by Gasteiger charge is 2.10. The number of nitrogens with zero attached hydrogens (tertiary/aromatic N) is 2. The van der Waals surface area contributed by atoms with Gasteiger partial charge in [-0.3, -0.25) is 0 Å². The summed E-state index contributed by atoms with van der Waals surface area (Å²) >= 11 is 0. The molecule has 0 saturated heterocycles. The zero-order valence-corrected chi connectivity index (χ0v) is 12.2. The highest BCUT2D eigenvalue weighted by atomic mass is 15.1. The van der Waals surface area contributed by atoms with E-state index in [0.717, 1.165) is 35.5 Å². The third kappa shape index (κ3) is 2.68. The van der Waals surface area contributed by atoms with Gasteiger partial charge in [0, 0.05) is 18.7 Å². The summed E-state index contributed by atoms with van der Waals surface area (Å²) in [7, 11) is 0. The summed E-state index contributed by atoms with van der Waals surface area (Å²) < 4.78 is 2.22. The molecule has 0 bridgehead atoms. The first-order chi connectivity index (χ1) is 10.2. The molecule has 0 radical (unpaired) electrons. The number of aryl methyl sites for hydroxylation is 1. The van der Waals surface area contributed by atoms with Gasteiger partial charge in [0.05, 0.1) is 11.0 Å². The van der Waals surface area contributed by atoms with Gasteiger partial charge < -0.3 is 10.3 Å². The van der Waals surface area contributed by atoms with Crippen molar-refractivity contribution in [2.75, 3.05) is 5.73 Å². The molecular weight excluding hydrogens is 258 g/mol. The minimum absolute atomic E-state index is 0.768. The SMILES string of the molecule is C=CCn1c(Cc2ccc(N)cc2)nc2cc(C)ccc21. The van der Waals surface area contributed by atoms with Crippen molar-refractivity contribution in [2.45, 2.75) is 19.9 Å². The predicted octanol–water partition coefficient (Wildman–Crippen LogP) is 3.70. The van der Waals surface area contributed by atoms with Gasteiger partial charge in [0.25, 0.3) is 0 Å². The van der Waals surface area contributed by atoms with Crippen molar-refractivity contribution in [1.82, 2.24) is 9.55 Å². The van der Waals surface area contributed by atoms with E-state index >= 15 is 0 Å². The maximum Gasteiger partial charge on any atom is 0.114 e. The van der Waals surface area contributed by atoms with Crippen LogP contribution < -0.4 is 5.73 Å². The van der Waals surface area contributed by atoms with E-state index in [2.05, 4.69) is 48.4 Å². The topological polar surface area (TPSA) is 43.8 Å². The van der Waals surface area contributed by atoms with Crippen molar-refractivity contribution in [1.29, 1.82) is 0 Å². The highest BCUT2D eigenvalue weighted by molar-refractivity contribution is 5.77. The van der Waals surface area contributed by atoms with Crippen molar-refractivity contribution in [3.8, 4) is 0 Å². The molecule has 21 heavy (non-hydrogen) atoms. The third-order valence-electron chi connectivity index (χ3n) is 3.64. The van der Waals surface area contributed by atoms with Crippen molar-refractivity contribution in [3.63, 3.8) is 0 Å². The summed E-state index contributed by atoms with van der Waals surface area (Å²) in [6.45, 7) is 6.71. The highest BCUT2D eigenvalue weighted by Crippen LogP contribution is 2.20. The molecule has 106 valence electrons. The first-order valence-corrected chi connectivity index (χ1v) is 7.08. The molecule has 0 amide bonds. The van der Waals surface area contributed by atoms with Gasteiger partial charge in [-0.2, -0.15) is 0 Å². The largest absolute Gasteiger partial charge is 0.399 e. The number of fused-ring (bicyclic) bond motifs is 1. The van der Waals surface area contributed by atoms with Crippen molar-refractivity contribution < 1.29 is 0 Å². The Hall–Kier alpha value is -2.55. The lowest BCUT2D eigenvalue weighted by Crippen LogP contribution is -2.03. The third-order valence-corrected chi connectivity index (χ3v) is 3.64. The van der Waals surface area contributed by atoms with Crippen LogP contribution in [-0.2, 0) is 13.0 Å². The zero-order valence-electron chi connectivity index (χ0n) is 12.2. The Morgan fingerprint density at radius 1 is 1.19 bits per heavy atom. The molecule has 1 aromatic heterocycles. The smallest absolute Gasteiger partial charge is 0.114 e. The number of aromatic nitrogens is 2. The Kier molecular flexibility index (Phi) is 3.48. The molecule has 2 aromatic carbocycles. The lowest BCUT2D eigenvalue weighted by atomic mass is 10.1. The molecule has 3 rings (SSSR count). The van der Waals surface area contributed by atoms with Gasteiger partial charge in [-0.15, -0.1) is 6.58 Å². The van der Waals surface area contributed by atoms with Gasteiger partial charge in [0.1, 0.15) is 5.82 Å². The quantitative estimate of drug-likeness (QED) is 0.583. The number of hydrogen-bond acceptors (Lipinski definition) is 2. The summed E-state index contributed by atoms with van der Waals surface area (Å²) in [5, 5.41) is 0. The summed E-state index contributed by atoms with van der Waals surface area (Å²) in [6, 6.07) is 14.3. The van der Waals surface area contributed by atoms with E-state index in [-0.39, 0.29) is 0 Å². The number of allylic oxidation sites excluding steroid dienone is 1. The fourth-order valence-corrected chi connectivity index (χ4v) is 2.58. The summed E-state index contributed by atoms with van der Waals surface area (Å²) in [6.07, 6.45) is 2.70. The molecule has 3 heteroatoms. The summed E-state index contributed by atoms with van der Waals surface area (Å²) in [4.78, 5) is 4.79. The van der Waals surface area contributed by atoms with Crippen LogP contribution in [0.1, 0.15) is 17.0 Å². The molecular formula is C18H19N3. The van der Waals surface area contributed by atoms with Gasteiger partial charge >= 0.3 is 0 Å². The molecule has 0 unspecified atom stereocenters. The monoisotopic (exact) mass is 277 g/mol. The van der Waals surface area contributed by atoms with Crippen LogP contribution in [0, 0.1) is 6.92 Å². The van der Waals surface area contributed by atoms with Crippen molar-refractivity contribution >= 4 is 16.7 Å². The van der Waals surface area contributed by atoms with E-state index in [1.165, 1.54) is 11.1 Å². The maximum atomic E-state index is 5.74. The van der Waals surface area contributed by atoms with Crippen molar-refractivity contribution in [3.05, 3.63) is 72.1 Å². The Morgan fingerprint density at radius 2 is 1.95 bits per heavy atom. The molecule has 0 saturated carbocycles. The lowest BCUT2D eigenvalue weighted by Gasteiger charge is -2.07. The summed E-state index contributed by atoms with van der Waals surface area (Å²) in [5.41, 5.74) is 11.2. The number of anilines is 1. The first-order valence-electron chi connectivity index (χ1n) is 7.08. The Bertz CT molecular complexity index is 782. The van der Waals surface area contributed by atoms with Crippen LogP contribution in [0.25, 0.3) is 11.0 Å². The molecule has 3 aromatic rings. The Labute approximate surface area is 124 Å². The number of nitrogens with two attached hydrogens (primary N) is 1. The van der Waals surface area contributed by atoms with Crippen LogP contribution in [0.2, 0.25) is 0 Å². The van der Waals surface area contributed by atoms with Gasteiger partial charge in [0.15, 0.2) is 0 Å². The van der Waals surface area contributed by atoms with E-state index in [0.29, 0.717) is 0 Å². The van der Waals surface area contributed by atoms with Gasteiger partial charge in [-0.25, -0.2) is 4.98 Å². The van der Waals surface area contributed by atoms with E-state index in [9.17, 15) is 0 Å². The van der Waals surface area contributed by atoms with Gasteiger partial charge in [-0.1, -0.05) is 24.3 Å². The number of nitrogen functional groups attached to an aromatic ring is 1. The first kappa shape index (κ1) is 13.4. The second-order valence-electron chi connectivity index (χ2n) is 5.34. The van der Waals surface area contributed by atoms with Crippen LogP contribution in [0.15, 0.2) is 55.1 Å². The molecule has 0 spiro atoms. The standard InChI is InChI=1S/C18H19N3/c1-3-10-21-17-9-4-13(2)11-16(17)20-18(21)12-14-5-7-15(19)8-6-14/h3-9,11H,1,10,12,19H2,2H3. The molecule has 0 fully saturated rings. The van der Waals surface area contributed by atoms with Crippen LogP contribution in [0.5, 0.6) is 0 Å². The Morgan fingerprint density at radius 3 is 2.67 bits per heavy atom. The number of benzene rings is 2. The van der Waals surface area contributed by atoms with E-state index in [1.54, 1.807) is 0 Å². The number of hydrogen-bond donors (Lipinski definition) is 1. The molecule has 0 aliphatic carbocycles. The van der Waals surface area contributed by atoms with E-state index in [1.807, 2.05) is 18.2 Å². The predicted molar refractivity (Wildman–Crippen MR) is 88.3 cm³/mol. The fourth-order valence-electron chi connectivity index (χ4n) is 2.58. The average molecular weight is 277 g/mol. The molecule has 2 N–H and O–H groups in total. The van der Waals surface area contributed by atoms with E-state index in [4.69, 9.17) is 10.7 Å². The molecule has 0 atom stereocenters. The number of imidazole rings is 1. The van der Waals surface area contributed by atoms with Crippen LogP contribution in [-0.4, -0.2) is 9.55 Å². The van der Waals surface area contributed by atoms with Crippen LogP contribution in [0.4, 0.5) is 5.69 Å². The molecule has 3 nitrogen and oxygen atoms in total. The average Bonchev–Trinajstić information content (AvgIpc) is 2.79. The van der Waals surface area contributed by atoms with Gasteiger partial charge in [0.2, 0.25) is 0 Å². The minimum atomic E-state index is 0.768. The van der Waals surface area contributed by atoms with Crippen LogP contribution >= 0.6 is 0 Å². The molecule has 1 heterocycles.